The number of carbonyl (C=O) groups excluding carboxylic acids is 2. The van der Waals surface area contributed by atoms with Crippen molar-refractivity contribution in [2.75, 3.05) is 26.4 Å². The first kappa shape index (κ1) is 22.7. The Morgan fingerprint density at radius 1 is 0.655 bits per heavy atom. The van der Waals surface area contributed by atoms with Gasteiger partial charge in [0.25, 0.3) is 0 Å². The van der Waals surface area contributed by atoms with Gasteiger partial charge in [0.2, 0.25) is 10.5 Å². The molecule has 152 valence electrons. The molecule has 0 bridgehead atoms. The van der Waals surface area contributed by atoms with Crippen LogP contribution >= 0.6 is 23.2 Å². The summed E-state index contributed by atoms with van der Waals surface area (Å²) in [5, 5.41) is -1.03. The molecule has 0 unspecified atom stereocenters. The first-order valence-electron chi connectivity index (χ1n) is 8.81. The number of carbonyl (C=O) groups is 2. The van der Waals surface area contributed by atoms with Gasteiger partial charge in [-0.1, -0.05) is 36.4 Å². The highest BCUT2D eigenvalue weighted by molar-refractivity contribution is 6.67. The molecular weight excluding hydrogens is 415 g/mol. The van der Waals surface area contributed by atoms with E-state index in [1.165, 1.54) is 12.2 Å². The first-order valence-corrected chi connectivity index (χ1v) is 9.57. The molecule has 0 N–H and O–H groups in total. The zero-order valence-electron chi connectivity index (χ0n) is 15.6. The largest absolute Gasteiger partial charge is 0.491 e. The maximum Gasteiger partial charge on any atom is 0.245 e. The lowest BCUT2D eigenvalue weighted by Gasteiger charge is -2.09. The summed E-state index contributed by atoms with van der Waals surface area (Å²) in [6, 6.07) is 14.5. The van der Waals surface area contributed by atoms with E-state index in [0.717, 1.165) is 11.1 Å². The number of hydrogen-bond acceptors (Lipinski definition) is 5. The fourth-order valence-electron chi connectivity index (χ4n) is 2.21. The van der Waals surface area contributed by atoms with Gasteiger partial charge in [-0.05, 0) is 70.7 Å². The number of halogens is 2. The second-order valence-electron chi connectivity index (χ2n) is 5.72. The summed E-state index contributed by atoms with van der Waals surface area (Å²) in [5.41, 5.74) is 1.72. The van der Waals surface area contributed by atoms with Gasteiger partial charge in [-0.3, -0.25) is 9.59 Å². The molecule has 2 aromatic rings. The monoisotopic (exact) mass is 434 g/mol. The van der Waals surface area contributed by atoms with E-state index in [1.807, 2.05) is 48.5 Å². The van der Waals surface area contributed by atoms with Crippen LogP contribution in [0.2, 0.25) is 0 Å². The van der Waals surface area contributed by atoms with Crippen LogP contribution in [0, 0.1) is 0 Å². The van der Waals surface area contributed by atoms with Crippen molar-refractivity contribution < 1.29 is 23.8 Å². The smallest absolute Gasteiger partial charge is 0.245 e. The van der Waals surface area contributed by atoms with Gasteiger partial charge >= 0.3 is 0 Å². The standard InChI is InChI=1S/C22H20Cl2O5/c23-21(25)11-5-17-1-7-19(8-2-17)28-15-13-27-14-16-29-20-9-3-18(4-10-20)6-12-22(24)26/h1-12H,13-16H2/b11-5+,12-6+. The summed E-state index contributed by atoms with van der Waals surface area (Å²) >= 11 is 10.5. The Balaban J connectivity index is 1.58. The van der Waals surface area contributed by atoms with Gasteiger partial charge in [0.05, 0.1) is 13.2 Å². The highest BCUT2D eigenvalue weighted by Gasteiger charge is 1.97. The molecule has 0 saturated heterocycles. The van der Waals surface area contributed by atoms with E-state index >= 15 is 0 Å². The predicted molar refractivity (Wildman–Crippen MR) is 114 cm³/mol. The van der Waals surface area contributed by atoms with Crippen LogP contribution in [-0.2, 0) is 14.3 Å². The lowest BCUT2D eigenvalue weighted by molar-refractivity contribution is -0.108. The highest BCUT2D eigenvalue weighted by atomic mass is 35.5. The van der Waals surface area contributed by atoms with E-state index in [4.69, 9.17) is 37.4 Å². The van der Waals surface area contributed by atoms with Gasteiger partial charge in [0.15, 0.2) is 0 Å². The van der Waals surface area contributed by atoms with E-state index in [9.17, 15) is 9.59 Å². The van der Waals surface area contributed by atoms with Crippen LogP contribution in [0.5, 0.6) is 11.5 Å². The molecule has 0 aliphatic carbocycles. The maximum absolute atomic E-state index is 10.7. The third kappa shape index (κ3) is 9.94. The molecular formula is C22H20Cl2O5. The third-order valence-corrected chi connectivity index (χ3v) is 3.82. The number of ether oxygens (including phenoxy) is 3. The van der Waals surface area contributed by atoms with Crippen molar-refractivity contribution in [1.82, 2.24) is 0 Å². The molecule has 0 heterocycles. The third-order valence-electron chi connectivity index (χ3n) is 3.57. The molecule has 5 nitrogen and oxygen atoms in total. The van der Waals surface area contributed by atoms with Gasteiger partial charge in [-0.15, -0.1) is 0 Å². The Morgan fingerprint density at radius 2 is 1.03 bits per heavy atom. The van der Waals surface area contributed by atoms with Crippen molar-refractivity contribution in [1.29, 1.82) is 0 Å². The molecule has 0 aliphatic heterocycles. The Kier molecular flexibility index (Phi) is 10.00. The lowest BCUT2D eigenvalue weighted by Crippen LogP contribution is -2.12. The van der Waals surface area contributed by atoms with Crippen LogP contribution in [0.15, 0.2) is 60.7 Å². The topological polar surface area (TPSA) is 61.8 Å². The molecule has 2 rings (SSSR count). The van der Waals surface area contributed by atoms with Crippen LogP contribution in [0.4, 0.5) is 0 Å². The van der Waals surface area contributed by atoms with Crippen molar-refractivity contribution >= 4 is 45.8 Å². The average Bonchev–Trinajstić information content (AvgIpc) is 2.71. The van der Waals surface area contributed by atoms with Crippen molar-refractivity contribution in [3.8, 4) is 11.5 Å². The number of hydrogen-bond donors (Lipinski definition) is 0. The molecule has 0 radical (unpaired) electrons. The summed E-state index contributed by atoms with van der Waals surface area (Å²) in [6.45, 7) is 1.69. The minimum Gasteiger partial charge on any atom is -0.491 e. The van der Waals surface area contributed by atoms with Gasteiger partial charge in [0, 0.05) is 0 Å². The molecule has 0 amide bonds. The molecule has 0 aromatic heterocycles. The number of benzene rings is 2. The van der Waals surface area contributed by atoms with Crippen molar-refractivity contribution in [3.05, 3.63) is 71.8 Å². The molecule has 29 heavy (non-hydrogen) atoms. The summed E-state index contributed by atoms with van der Waals surface area (Å²) in [5.74, 6) is 1.42. The second kappa shape index (κ2) is 12.8. The Hall–Kier alpha value is -2.60. The van der Waals surface area contributed by atoms with E-state index in [0.29, 0.717) is 37.9 Å². The number of rotatable bonds is 12. The summed E-state index contributed by atoms with van der Waals surface area (Å²) in [7, 11) is 0. The highest BCUT2D eigenvalue weighted by Crippen LogP contribution is 2.14. The van der Waals surface area contributed by atoms with E-state index in [-0.39, 0.29) is 0 Å². The van der Waals surface area contributed by atoms with Gasteiger partial charge in [-0.2, -0.15) is 0 Å². The number of allylic oxidation sites excluding steroid dienone is 2. The quantitative estimate of drug-likeness (QED) is 0.274. The molecule has 0 saturated carbocycles. The van der Waals surface area contributed by atoms with Crippen LogP contribution in [0.25, 0.3) is 12.2 Å². The van der Waals surface area contributed by atoms with E-state index < -0.39 is 10.5 Å². The maximum atomic E-state index is 10.7. The Labute approximate surface area is 179 Å². The predicted octanol–water partition coefficient (Wildman–Crippen LogP) is 4.72. The summed E-state index contributed by atoms with van der Waals surface area (Å²) in [4.78, 5) is 21.4. The van der Waals surface area contributed by atoms with Gasteiger partial charge in [-0.25, -0.2) is 0 Å². The zero-order valence-corrected chi connectivity index (χ0v) is 17.1. The van der Waals surface area contributed by atoms with Crippen LogP contribution in [-0.4, -0.2) is 36.9 Å². The van der Waals surface area contributed by atoms with Gasteiger partial charge < -0.3 is 14.2 Å². The summed E-state index contributed by atoms with van der Waals surface area (Å²) in [6.07, 6.45) is 5.85. The van der Waals surface area contributed by atoms with Crippen molar-refractivity contribution in [2.24, 2.45) is 0 Å². The fraction of sp³-hybridized carbons (Fsp3) is 0.182. The zero-order chi connectivity index (χ0) is 20.9. The van der Waals surface area contributed by atoms with E-state index in [2.05, 4.69) is 0 Å². The Bertz CT molecular complexity index is 771. The van der Waals surface area contributed by atoms with E-state index in [1.54, 1.807) is 12.2 Å². The Morgan fingerprint density at radius 3 is 1.38 bits per heavy atom. The second-order valence-corrected chi connectivity index (χ2v) is 6.47. The minimum absolute atomic E-state index is 0.412. The van der Waals surface area contributed by atoms with Crippen molar-refractivity contribution in [2.45, 2.75) is 0 Å². The van der Waals surface area contributed by atoms with Crippen LogP contribution < -0.4 is 9.47 Å². The van der Waals surface area contributed by atoms with Crippen molar-refractivity contribution in [3.63, 3.8) is 0 Å². The molecule has 7 heteroatoms. The molecule has 0 atom stereocenters. The van der Waals surface area contributed by atoms with Gasteiger partial charge in [0.1, 0.15) is 24.7 Å². The first-order chi connectivity index (χ1) is 14.0. The molecule has 0 spiro atoms. The van der Waals surface area contributed by atoms with Crippen LogP contribution in [0.1, 0.15) is 11.1 Å². The van der Waals surface area contributed by atoms with Crippen LogP contribution in [0.3, 0.4) is 0 Å². The minimum atomic E-state index is -0.513. The lowest BCUT2D eigenvalue weighted by atomic mass is 10.2. The SMILES string of the molecule is O=C(Cl)/C=C/c1ccc(OCCOCCOc2ccc(/C=C/C(=O)Cl)cc2)cc1. The summed E-state index contributed by atoms with van der Waals surface area (Å²) < 4.78 is 16.6. The fourth-order valence-corrected chi connectivity index (χ4v) is 2.34. The molecule has 2 aromatic carbocycles. The average molecular weight is 435 g/mol. The molecule has 0 fully saturated rings. The normalized spacial score (nSPS) is 11.1. The molecule has 0 aliphatic rings.